The number of hydrogen-bond acceptors (Lipinski definition) is 2. The predicted molar refractivity (Wildman–Crippen MR) is 57.0 cm³/mol. The van der Waals surface area contributed by atoms with Crippen molar-refractivity contribution in [3.8, 4) is 0 Å². The van der Waals surface area contributed by atoms with E-state index >= 15 is 0 Å². The lowest BCUT2D eigenvalue weighted by molar-refractivity contribution is 0.720. The summed E-state index contributed by atoms with van der Waals surface area (Å²) < 4.78 is 1.87. The normalized spacial score (nSPS) is 10.1. The minimum Gasteiger partial charge on any atom is -0.379 e. The van der Waals surface area contributed by atoms with E-state index in [4.69, 9.17) is 0 Å². The second-order valence-corrected chi connectivity index (χ2v) is 3.17. The zero-order valence-electron chi connectivity index (χ0n) is 8.14. The lowest BCUT2D eigenvalue weighted by Gasteiger charge is -2.05. The van der Waals surface area contributed by atoms with Gasteiger partial charge < -0.3 is 5.32 Å². The highest BCUT2D eigenvalue weighted by atomic mass is 15.3. The van der Waals surface area contributed by atoms with Crippen molar-refractivity contribution < 1.29 is 0 Å². The van der Waals surface area contributed by atoms with E-state index in [1.807, 2.05) is 42.2 Å². The Balaban J connectivity index is 1.99. The fourth-order valence-electron chi connectivity index (χ4n) is 1.32. The third-order valence-corrected chi connectivity index (χ3v) is 2.17. The van der Waals surface area contributed by atoms with Gasteiger partial charge in [0.1, 0.15) is 0 Å². The van der Waals surface area contributed by atoms with Crippen LogP contribution in [0.25, 0.3) is 0 Å². The van der Waals surface area contributed by atoms with Crippen molar-refractivity contribution in [1.82, 2.24) is 9.78 Å². The highest BCUT2D eigenvalue weighted by Crippen LogP contribution is 2.07. The second-order valence-electron chi connectivity index (χ2n) is 3.17. The number of benzene rings is 1. The molecular formula is C11H13N3. The zero-order chi connectivity index (χ0) is 9.80. The van der Waals surface area contributed by atoms with Crippen LogP contribution in [0.2, 0.25) is 0 Å². The molecule has 0 aliphatic heterocycles. The van der Waals surface area contributed by atoms with E-state index in [1.54, 1.807) is 0 Å². The summed E-state index contributed by atoms with van der Waals surface area (Å²) in [6.07, 6.45) is 1.81. The highest BCUT2D eigenvalue weighted by molar-refractivity contribution is 5.42. The van der Waals surface area contributed by atoms with Gasteiger partial charge in [-0.25, -0.2) is 0 Å². The van der Waals surface area contributed by atoms with E-state index in [-0.39, 0.29) is 0 Å². The summed E-state index contributed by atoms with van der Waals surface area (Å²) in [4.78, 5) is 0. The average Bonchev–Trinajstić information content (AvgIpc) is 2.63. The maximum atomic E-state index is 4.11. The minimum atomic E-state index is 0.806. The Morgan fingerprint density at radius 2 is 2.00 bits per heavy atom. The standard InChI is InChI=1S/C11H13N3/c1-14-11(7-8-13-14)9-12-10-5-3-2-4-6-10/h2-8,12H,9H2,1H3. The summed E-state index contributed by atoms with van der Waals surface area (Å²) in [6.45, 7) is 0.806. The molecule has 0 unspecified atom stereocenters. The highest BCUT2D eigenvalue weighted by Gasteiger charge is 1.96. The third kappa shape index (κ3) is 1.93. The molecule has 2 rings (SSSR count). The summed E-state index contributed by atoms with van der Waals surface area (Å²) in [5, 5.41) is 7.43. The molecule has 0 aliphatic rings. The van der Waals surface area contributed by atoms with Gasteiger partial charge in [-0.3, -0.25) is 4.68 Å². The van der Waals surface area contributed by atoms with E-state index in [9.17, 15) is 0 Å². The molecule has 1 aromatic heterocycles. The number of anilines is 1. The molecule has 3 heteroatoms. The molecule has 0 radical (unpaired) electrons. The van der Waals surface area contributed by atoms with Crippen LogP contribution in [0.15, 0.2) is 42.6 Å². The number of nitrogens with zero attached hydrogens (tertiary/aromatic N) is 2. The molecule has 1 N–H and O–H groups in total. The summed E-state index contributed by atoms with van der Waals surface area (Å²) in [7, 11) is 1.95. The molecule has 1 aromatic carbocycles. The number of rotatable bonds is 3. The fourth-order valence-corrected chi connectivity index (χ4v) is 1.32. The van der Waals surface area contributed by atoms with Crippen LogP contribution in [0.4, 0.5) is 5.69 Å². The summed E-state index contributed by atoms with van der Waals surface area (Å²) >= 11 is 0. The first-order chi connectivity index (χ1) is 6.86. The van der Waals surface area contributed by atoms with E-state index in [0.717, 1.165) is 12.2 Å². The molecule has 3 nitrogen and oxygen atoms in total. The molecule has 72 valence electrons. The van der Waals surface area contributed by atoms with Crippen LogP contribution in [0.3, 0.4) is 0 Å². The number of hydrogen-bond donors (Lipinski definition) is 1. The van der Waals surface area contributed by atoms with Crippen molar-refractivity contribution in [2.75, 3.05) is 5.32 Å². The summed E-state index contributed by atoms with van der Waals surface area (Å²) in [5.74, 6) is 0. The van der Waals surface area contributed by atoms with Gasteiger partial charge in [-0.05, 0) is 18.2 Å². The smallest absolute Gasteiger partial charge is 0.0571 e. The van der Waals surface area contributed by atoms with Crippen molar-refractivity contribution in [3.05, 3.63) is 48.3 Å². The quantitative estimate of drug-likeness (QED) is 0.796. The van der Waals surface area contributed by atoms with E-state index in [1.165, 1.54) is 5.69 Å². The van der Waals surface area contributed by atoms with Gasteiger partial charge in [-0.2, -0.15) is 5.10 Å². The van der Waals surface area contributed by atoms with Crippen molar-refractivity contribution in [2.45, 2.75) is 6.54 Å². The Labute approximate surface area is 83.4 Å². The molecule has 0 bridgehead atoms. The van der Waals surface area contributed by atoms with Gasteiger partial charge in [0.15, 0.2) is 0 Å². The SMILES string of the molecule is Cn1nccc1CNc1ccccc1. The zero-order valence-corrected chi connectivity index (χ0v) is 8.14. The Kier molecular flexibility index (Phi) is 2.49. The Morgan fingerprint density at radius 3 is 2.64 bits per heavy atom. The van der Waals surface area contributed by atoms with Gasteiger partial charge in [0.05, 0.1) is 12.2 Å². The maximum absolute atomic E-state index is 4.11. The van der Waals surface area contributed by atoms with Gasteiger partial charge in [0.2, 0.25) is 0 Å². The number of para-hydroxylation sites is 1. The Morgan fingerprint density at radius 1 is 1.21 bits per heavy atom. The van der Waals surface area contributed by atoms with Crippen LogP contribution in [-0.4, -0.2) is 9.78 Å². The molecule has 0 amide bonds. The third-order valence-electron chi connectivity index (χ3n) is 2.17. The monoisotopic (exact) mass is 187 g/mol. The van der Waals surface area contributed by atoms with Crippen molar-refractivity contribution >= 4 is 5.69 Å². The number of nitrogens with one attached hydrogen (secondary N) is 1. The molecular weight excluding hydrogens is 174 g/mol. The van der Waals surface area contributed by atoms with Gasteiger partial charge in [-0.15, -0.1) is 0 Å². The molecule has 0 aliphatic carbocycles. The van der Waals surface area contributed by atoms with Crippen LogP contribution in [0.5, 0.6) is 0 Å². The lowest BCUT2D eigenvalue weighted by atomic mass is 10.3. The molecule has 14 heavy (non-hydrogen) atoms. The molecule has 2 aromatic rings. The van der Waals surface area contributed by atoms with Gasteiger partial charge >= 0.3 is 0 Å². The van der Waals surface area contributed by atoms with E-state index < -0.39 is 0 Å². The lowest BCUT2D eigenvalue weighted by Crippen LogP contribution is -2.04. The first kappa shape index (κ1) is 8.81. The van der Waals surface area contributed by atoms with Crippen molar-refractivity contribution in [1.29, 1.82) is 0 Å². The van der Waals surface area contributed by atoms with Crippen LogP contribution >= 0.6 is 0 Å². The summed E-state index contributed by atoms with van der Waals surface area (Å²) in [5.41, 5.74) is 2.31. The van der Waals surface area contributed by atoms with Gasteiger partial charge in [-0.1, -0.05) is 18.2 Å². The Hall–Kier alpha value is -1.77. The van der Waals surface area contributed by atoms with Crippen LogP contribution in [0.1, 0.15) is 5.69 Å². The first-order valence-corrected chi connectivity index (χ1v) is 4.62. The first-order valence-electron chi connectivity index (χ1n) is 4.62. The fraction of sp³-hybridized carbons (Fsp3) is 0.182. The predicted octanol–water partition coefficient (Wildman–Crippen LogP) is 2.03. The van der Waals surface area contributed by atoms with E-state index in [0.29, 0.717) is 0 Å². The van der Waals surface area contributed by atoms with Crippen LogP contribution < -0.4 is 5.32 Å². The van der Waals surface area contributed by atoms with Crippen molar-refractivity contribution in [3.63, 3.8) is 0 Å². The topological polar surface area (TPSA) is 29.9 Å². The molecule has 1 heterocycles. The minimum absolute atomic E-state index is 0.806. The van der Waals surface area contributed by atoms with Crippen LogP contribution in [-0.2, 0) is 13.6 Å². The molecule has 0 atom stereocenters. The molecule has 0 spiro atoms. The van der Waals surface area contributed by atoms with Gasteiger partial charge in [0, 0.05) is 18.9 Å². The average molecular weight is 187 g/mol. The maximum Gasteiger partial charge on any atom is 0.0571 e. The van der Waals surface area contributed by atoms with E-state index in [2.05, 4.69) is 22.5 Å². The largest absolute Gasteiger partial charge is 0.379 e. The Bertz CT molecular complexity index is 392. The van der Waals surface area contributed by atoms with Gasteiger partial charge in [0.25, 0.3) is 0 Å². The number of aromatic nitrogens is 2. The van der Waals surface area contributed by atoms with Crippen molar-refractivity contribution in [2.24, 2.45) is 7.05 Å². The molecule has 0 saturated carbocycles. The summed E-state index contributed by atoms with van der Waals surface area (Å²) in [6, 6.07) is 12.2. The van der Waals surface area contributed by atoms with Crippen LogP contribution in [0, 0.1) is 0 Å². The second kappa shape index (κ2) is 3.96. The molecule has 0 fully saturated rings. The number of aryl methyl sites for hydroxylation is 1. The molecule has 0 saturated heterocycles.